The molecule has 0 aromatic heterocycles. The van der Waals surface area contributed by atoms with E-state index in [-0.39, 0.29) is 11.6 Å². The fourth-order valence-corrected chi connectivity index (χ4v) is 5.38. The van der Waals surface area contributed by atoms with Gasteiger partial charge in [-0.05, 0) is 49.9 Å². The summed E-state index contributed by atoms with van der Waals surface area (Å²) < 4.78 is 0. The Bertz CT molecular complexity index is 465. The van der Waals surface area contributed by atoms with Crippen molar-refractivity contribution in [1.82, 2.24) is 9.80 Å². The van der Waals surface area contributed by atoms with E-state index in [2.05, 4.69) is 0 Å². The fourth-order valence-electron chi connectivity index (χ4n) is 5.38. The molecule has 3 saturated carbocycles. The van der Waals surface area contributed by atoms with E-state index in [0.717, 1.165) is 44.4 Å². The lowest BCUT2D eigenvalue weighted by atomic mass is 9.49. The number of urea groups is 1. The number of hydrogen-bond donors (Lipinski definition) is 0. The van der Waals surface area contributed by atoms with Gasteiger partial charge in [-0.3, -0.25) is 4.79 Å². The number of amides is 2. The van der Waals surface area contributed by atoms with Crippen LogP contribution in [-0.4, -0.2) is 47.3 Å². The minimum atomic E-state index is 0.0768. The molecule has 2 amide bonds. The van der Waals surface area contributed by atoms with Gasteiger partial charge >= 0.3 is 6.03 Å². The Morgan fingerprint density at radius 1 is 1.05 bits per heavy atom. The Balaban J connectivity index is 1.58. The van der Waals surface area contributed by atoms with Crippen LogP contribution in [0.1, 0.15) is 51.4 Å². The van der Waals surface area contributed by atoms with Crippen LogP contribution in [0.15, 0.2) is 0 Å². The Kier molecular flexibility index (Phi) is 2.39. The lowest BCUT2D eigenvalue weighted by Crippen LogP contribution is -2.65. The average Bonchev–Trinajstić information content (AvgIpc) is 3.19. The smallest absolute Gasteiger partial charge is 0.320 e. The first kappa shape index (κ1) is 12.7. The van der Waals surface area contributed by atoms with E-state index in [4.69, 9.17) is 0 Å². The van der Waals surface area contributed by atoms with Crippen LogP contribution in [0, 0.1) is 11.3 Å². The number of Topliss-reactive ketones (excluding diaryl/α,β-unsaturated/α-hetero) is 1. The van der Waals surface area contributed by atoms with Crippen molar-refractivity contribution < 1.29 is 9.59 Å². The van der Waals surface area contributed by atoms with Crippen LogP contribution < -0.4 is 0 Å². The third-order valence-corrected chi connectivity index (χ3v) is 6.52. The largest absolute Gasteiger partial charge is 0.322 e. The minimum absolute atomic E-state index is 0.0768. The van der Waals surface area contributed by atoms with Gasteiger partial charge in [-0.1, -0.05) is 0 Å². The molecule has 1 unspecified atom stereocenters. The maximum atomic E-state index is 12.4. The first-order valence-electron chi connectivity index (χ1n) is 8.00. The van der Waals surface area contributed by atoms with Crippen molar-refractivity contribution in [2.24, 2.45) is 11.3 Å². The molecule has 0 aromatic carbocycles. The Hall–Kier alpha value is -1.06. The molecule has 4 nitrogen and oxygen atoms in total. The van der Waals surface area contributed by atoms with Crippen molar-refractivity contribution in [2.45, 2.75) is 62.9 Å². The van der Waals surface area contributed by atoms with Crippen molar-refractivity contribution in [2.75, 3.05) is 14.1 Å². The highest BCUT2D eigenvalue weighted by Crippen LogP contribution is 2.64. The number of rotatable bonds is 1. The summed E-state index contributed by atoms with van der Waals surface area (Å²) in [5.74, 6) is 1.15. The van der Waals surface area contributed by atoms with Crippen LogP contribution in [0.4, 0.5) is 4.79 Å². The predicted octanol–water partition coefficient (Wildman–Crippen LogP) is 2.42. The van der Waals surface area contributed by atoms with Gasteiger partial charge in [0.15, 0.2) is 0 Å². The van der Waals surface area contributed by atoms with Gasteiger partial charge in [0.05, 0.1) is 11.6 Å². The number of carbonyl (C=O) groups excluding carboxylic acids is 2. The maximum absolute atomic E-state index is 12.4. The summed E-state index contributed by atoms with van der Waals surface area (Å²) in [6.07, 6.45) is 8.44. The molecule has 1 saturated heterocycles. The zero-order chi connectivity index (χ0) is 14.1. The molecule has 0 bridgehead atoms. The first-order chi connectivity index (χ1) is 9.47. The van der Waals surface area contributed by atoms with Gasteiger partial charge in [0, 0.05) is 26.9 Å². The number of hydrogen-bond acceptors (Lipinski definition) is 2. The van der Waals surface area contributed by atoms with Gasteiger partial charge in [0.2, 0.25) is 0 Å². The fraction of sp³-hybridized carbons (Fsp3) is 0.875. The van der Waals surface area contributed by atoms with Crippen LogP contribution in [0.2, 0.25) is 0 Å². The highest BCUT2D eigenvalue weighted by Gasteiger charge is 2.68. The molecule has 4 heteroatoms. The van der Waals surface area contributed by atoms with E-state index in [0.29, 0.717) is 17.2 Å². The van der Waals surface area contributed by atoms with Crippen LogP contribution in [0.5, 0.6) is 0 Å². The molecule has 0 N–H and O–H groups in total. The number of carbonyl (C=O) groups is 2. The molecule has 0 radical (unpaired) electrons. The van der Waals surface area contributed by atoms with Gasteiger partial charge in [-0.2, -0.15) is 0 Å². The molecular weight excluding hydrogens is 252 g/mol. The van der Waals surface area contributed by atoms with E-state index in [9.17, 15) is 9.59 Å². The Morgan fingerprint density at radius 2 is 1.65 bits per heavy atom. The van der Waals surface area contributed by atoms with Crippen molar-refractivity contribution in [3.05, 3.63) is 0 Å². The lowest BCUT2D eigenvalue weighted by Gasteiger charge is -2.60. The molecule has 2 spiro atoms. The third kappa shape index (κ3) is 1.48. The van der Waals surface area contributed by atoms with Gasteiger partial charge in [-0.25, -0.2) is 4.79 Å². The van der Waals surface area contributed by atoms with E-state index < -0.39 is 0 Å². The first-order valence-corrected chi connectivity index (χ1v) is 8.00. The average molecular weight is 276 g/mol. The maximum Gasteiger partial charge on any atom is 0.320 e. The molecule has 110 valence electrons. The summed E-state index contributed by atoms with van der Waals surface area (Å²) in [6, 6.07) is 0.617. The molecule has 1 heterocycles. The van der Waals surface area contributed by atoms with E-state index in [1.54, 1.807) is 0 Å². The molecule has 4 rings (SSSR count). The van der Waals surface area contributed by atoms with E-state index >= 15 is 0 Å². The Labute approximate surface area is 120 Å². The summed E-state index contributed by atoms with van der Waals surface area (Å²) in [5.41, 5.74) is 0.439. The molecule has 0 aromatic rings. The second-order valence-corrected chi connectivity index (χ2v) is 7.73. The van der Waals surface area contributed by atoms with Crippen molar-refractivity contribution in [3.8, 4) is 0 Å². The van der Waals surface area contributed by atoms with Crippen molar-refractivity contribution in [1.29, 1.82) is 0 Å². The topological polar surface area (TPSA) is 40.6 Å². The predicted molar refractivity (Wildman–Crippen MR) is 75.3 cm³/mol. The van der Waals surface area contributed by atoms with Gasteiger partial charge < -0.3 is 9.80 Å². The number of likely N-dealkylation sites (N-methyl/N-ethyl adjacent to an activating group) is 2. The van der Waals surface area contributed by atoms with Crippen molar-refractivity contribution >= 4 is 11.8 Å². The summed E-state index contributed by atoms with van der Waals surface area (Å²) in [7, 11) is 3.97. The van der Waals surface area contributed by atoms with Crippen LogP contribution in [-0.2, 0) is 4.79 Å². The quantitative estimate of drug-likeness (QED) is 0.738. The normalized spacial score (nSPS) is 35.0. The zero-order valence-electron chi connectivity index (χ0n) is 12.5. The molecule has 1 aliphatic heterocycles. The summed E-state index contributed by atoms with van der Waals surface area (Å²) in [5, 5.41) is 0. The van der Waals surface area contributed by atoms with Crippen LogP contribution in [0.3, 0.4) is 0 Å². The SMILES string of the molecule is CN1C(=O)N(C)C2(CC3(CCC(=O)CC3)C2)C1C1CC1. The molecule has 20 heavy (non-hydrogen) atoms. The molecule has 1 atom stereocenters. The highest BCUT2D eigenvalue weighted by molar-refractivity contribution is 5.80. The lowest BCUT2D eigenvalue weighted by molar-refractivity contribution is -0.130. The Morgan fingerprint density at radius 3 is 2.20 bits per heavy atom. The van der Waals surface area contributed by atoms with E-state index in [1.807, 2.05) is 23.9 Å². The van der Waals surface area contributed by atoms with Gasteiger partial charge in [-0.15, -0.1) is 0 Å². The second kappa shape index (κ2) is 3.77. The number of ketones is 1. The standard InChI is InChI=1S/C16H24N2O2/c1-17-13(11-3-4-11)16(18(2)14(17)20)9-15(10-16)7-5-12(19)6-8-15/h11,13H,3-10H2,1-2H3. The van der Waals surface area contributed by atoms with Crippen LogP contribution in [0.25, 0.3) is 0 Å². The summed E-state index contributed by atoms with van der Waals surface area (Å²) >= 11 is 0. The van der Waals surface area contributed by atoms with Crippen LogP contribution >= 0.6 is 0 Å². The molecule has 3 aliphatic carbocycles. The summed E-state index contributed by atoms with van der Waals surface area (Å²) in [4.78, 5) is 27.9. The van der Waals surface area contributed by atoms with Crippen molar-refractivity contribution in [3.63, 3.8) is 0 Å². The second-order valence-electron chi connectivity index (χ2n) is 7.73. The summed E-state index contributed by atoms with van der Waals surface area (Å²) in [6.45, 7) is 0. The monoisotopic (exact) mass is 276 g/mol. The van der Waals surface area contributed by atoms with Gasteiger partial charge in [0.25, 0.3) is 0 Å². The minimum Gasteiger partial charge on any atom is -0.322 e. The molecule has 4 fully saturated rings. The molecular formula is C16H24N2O2. The highest BCUT2D eigenvalue weighted by atomic mass is 16.2. The third-order valence-electron chi connectivity index (χ3n) is 6.52. The molecule has 4 aliphatic rings. The van der Waals surface area contributed by atoms with E-state index in [1.165, 1.54) is 12.8 Å². The zero-order valence-corrected chi connectivity index (χ0v) is 12.5. The number of nitrogens with zero attached hydrogens (tertiary/aromatic N) is 2. The van der Waals surface area contributed by atoms with Gasteiger partial charge in [0.1, 0.15) is 5.78 Å².